The number of nitrogens with one attached hydrogen (secondary N) is 2. The normalized spacial score (nSPS) is 22.1. The highest BCUT2D eigenvalue weighted by Crippen LogP contribution is 2.38. The van der Waals surface area contributed by atoms with Gasteiger partial charge in [0.05, 0.1) is 5.54 Å². The summed E-state index contributed by atoms with van der Waals surface area (Å²) >= 11 is 0. The van der Waals surface area contributed by atoms with Crippen molar-refractivity contribution < 1.29 is 4.79 Å². The van der Waals surface area contributed by atoms with Gasteiger partial charge < -0.3 is 10.6 Å². The molecule has 3 nitrogen and oxygen atoms in total. The molecule has 0 saturated carbocycles. The summed E-state index contributed by atoms with van der Waals surface area (Å²) in [6.45, 7) is 9.88. The summed E-state index contributed by atoms with van der Waals surface area (Å²) in [6.07, 6.45) is 7.67. The molecule has 0 aromatic heterocycles. The van der Waals surface area contributed by atoms with Gasteiger partial charge in [0.15, 0.2) is 0 Å². The molecular formula is C17H20N2O. The lowest BCUT2D eigenvalue weighted by molar-refractivity contribution is 0.242. The third kappa shape index (κ3) is 2.39. The van der Waals surface area contributed by atoms with Gasteiger partial charge in [0.25, 0.3) is 0 Å². The lowest BCUT2D eigenvalue weighted by Crippen LogP contribution is -2.50. The van der Waals surface area contributed by atoms with Crippen LogP contribution in [0.25, 0.3) is 0 Å². The Bertz CT molecular complexity index is 613. The Morgan fingerprint density at radius 3 is 2.80 bits per heavy atom. The molecule has 0 saturated heterocycles. The van der Waals surface area contributed by atoms with Gasteiger partial charge >= 0.3 is 6.03 Å². The van der Waals surface area contributed by atoms with E-state index in [0.717, 1.165) is 22.4 Å². The number of hydrogen-bond donors (Lipinski definition) is 2. The van der Waals surface area contributed by atoms with E-state index in [1.54, 1.807) is 6.08 Å². The third-order valence-electron chi connectivity index (χ3n) is 3.59. The van der Waals surface area contributed by atoms with E-state index in [-0.39, 0.29) is 6.03 Å². The van der Waals surface area contributed by atoms with E-state index < -0.39 is 5.54 Å². The molecule has 1 aromatic carbocycles. The largest absolute Gasteiger partial charge is 0.324 e. The van der Waals surface area contributed by atoms with Gasteiger partial charge in [0, 0.05) is 11.3 Å². The number of urea groups is 1. The second-order valence-corrected chi connectivity index (χ2v) is 5.11. The van der Waals surface area contributed by atoms with Gasteiger partial charge in [-0.15, -0.1) is 0 Å². The first-order valence-electron chi connectivity index (χ1n) is 6.67. The average Bonchev–Trinajstić information content (AvgIpc) is 2.40. The first kappa shape index (κ1) is 14.1. The highest BCUT2D eigenvalue weighted by Gasteiger charge is 2.37. The molecule has 0 unspecified atom stereocenters. The number of allylic oxidation sites excluding steroid dienone is 3. The first-order valence-corrected chi connectivity index (χ1v) is 6.67. The predicted molar refractivity (Wildman–Crippen MR) is 83.8 cm³/mol. The van der Waals surface area contributed by atoms with Crippen molar-refractivity contribution in [1.29, 1.82) is 0 Å². The van der Waals surface area contributed by atoms with E-state index in [1.807, 2.05) is 51.1 Å². The van der Waals surface area contributed by atoms with E-state index in [1.165, 1.54) is 0 Å². The Morgan fingerprint density at radius 2 is 2.15 bits per heavy atom. The molecule has 20 heavy (non-hydrogen) atoms. The summed E-state index contributed by atoms with van der Waals surface area (Å²) in [4.78, 5) is 11.9. The number of hydrogen-bond acceptors (Lipinski definition) is 1. The maximum absolute atomic E-state index is 11.9. The van der Waals surface area contributed by atoms with E-state index in [0.29, 0.717) is 0 Å². The Labute approximate surface area is 120 Å². The summed E-state index contributed by atoms with van der Waals surface area (Å²) in [5, 5.41) is 5.86. The van der Waals surface area contributed by atoms with E-state index >= 15 is 0 Å². The van der Waals surface area contributed by atoms with Gasteiger partial charge in [-0.1, -0.05) is 48.6 Å². The van der Waals surface area contributed by atoms with Crippen LogP contribution >= 0.6 is 0 Å². The SMILES string of the molecule is C=C/C(=C\C=C/C)[C@@]1(C)NC(=O)Nc2ccc(C)cc21. The second-order valence-electron chi connectivity index (χ2n) is 5.11. The summed E-state index contributed by atoms with van der Waals surface area (Å²) in [6, 6.07) is 5.83. The maximum Gasteiger partial charge on any atom is 0.320 e. The molecule has 104 valence electrons. The van der Waals surface area contributed by atoms with Crippen LogP contribution in [0.15, 0.2) is 54.7 Å². The molecule has 1 aliphatic heterocycles. The maximum atomic E-state index is 11.9. The smallest absolute Gasteiger partial charge is 0.320 e. The number of aryl methyl sites for hydroxylation is 1. The number of anilines is 1. The molecule has 2 N–H and O–H groups in total. The Kier molecular flexibility index (Phi) is 3.79. The molecule has 1 aliphatic rings. The number of amides is 2. The fourth-order valence-electron chi connectivity index (χ4n) is 2.50. The minimum Gasteiger partial charge on any atom is -0.324 e. The van der Waals surface area contributed by atoms with Crippen molar-refractivity contribution in [2.24, 2.45) is 0 Å². The van der Waals surface area contributed by atoms with Crippen LogP contribution in [0, 0.1) is 6.92 Å². The molecule has 2 rings (SSSR count). The summed E-state index contributed by atoms with van der Waals surface area (Å²) in [5.41, 5.74) is 3.42. The minimum atomic E-state index is -0.578. The van der Waals surface area contributed by atoms with Gasteiger partial charge in [-0.25, -0.2) is 4.79 Å². The van der Waals surface area contributed by atoms with Crippen LogP contribution in [0.5, 0.6) is 0 Å². The van der Waals surface area contributed by atoms with E-state index in [2.05, 4.69) is 23.3 Å². The second kappa shape index (κ2) is 5.37. The predicted octanol–water partition coefficient (Wildman–Crippen LogP) is 4.03. The first-order chi connectivity index (χ1) is 9.51. The van der Waals surface area contributed by atoms with Crippen LogP contribution < -0.4 is 10.6 Å². The van der Waals surface area contributed by atoms with Crippen LogP contribution in [-0.4, -0.2) is 6.03 Å². The Hall–Kier alpha value is -2.29. The van der Waals surface area contributed by atoms with Gasteiger partial charge in [-0.2, -0.15) is 0 Å². The molecule has 0 radical (unpaired) electrons. The molecular weight excluding hydrogens is 248 g/mol. The standard InChI is InChI=1S/C17H20N2O/c1-5-7-8-13(6-2)17(4)14-11-12(3)9-10-15(14)18-16(20)19-17/h5-11H,2H2,1,3-4H3,(H2,18,19,20)/b7-5-,13-8+/t17-/m1/s1. The van der Waals surface area contributed by atoms with Crippen molar-refractivity contribution in [3.8, 4) is 0 Å². The number of carbonyl (C=O) groups excluding carboxylic acids is 1. The van der Waals surface area contributed by atoms with Crippen molar-refractivity contribution in [2.45, 2.75) is 26.3 Å². The van der Waals surface area contributed by atoms with Crippen LogP contribution in [0.2, 0.25) is 0 Å². The molecule has 0 spiro atoms. The zero-order valence-electron chi connectivity index (χ0n) is 12.2. The van der Waals surface area contributed by atoms with Crippen molar-refractivity contribution in [3.63, 3.8) is 0 Å². The lowest BCUT2D eigenvalue weighted by Gasteiger charge is -2.38. The molecule has 0 aliphatic carbocycles. The van der Waals surface area contributed by atoms with Gasteiger partial charge in [-0.3, -0.25) is 0 Å². The highest BCUT2D eigenvalue weighted by atomic mass is 16.2. The molecule has 1 aromatic rings. The van der Waals surface area contributed by atoms with Gasteiger partial charge in [0.1, 0.15) is 0 Å². The summed E-state index contributed by atoms with van der Waals surface area (Å²) in [5.74, 6) is 0. The van der Waals surface area contributed by atoms with Crippen molar-refractivity contribution >= 4 is 11.7 Å². The van der Waals surface area contributed by atoms with Gasteiger partial charge in [0.2, 0.25) is 0 Å². The molecule has 0 bridgehead atoms. The average molecular weight is 268 g/mol. The topological polar surface area (TPSA) is 41.1 Å². The molecule has 1 atom stereocenters. The highest BCUT2D eigenvalue weighted by molar-refractivity contribution is 5.94. The number of rotatable bonds is 3. The fraction of sp³-hybridized carbons (Fsp3) is 0.235. The fourth-order valence-corrected chi connectivity index (χ4v) is 2.50. The van der Waals surface area contributed by atoms with Crippen molar-refractivity contribution in [2.75, 3.05) is 5.32 Å². The van der Waals surface area contributed by atoms with E-state index in [4.69, 9.17) is 0 Å². The quantitative estimate of drug-likeness (QED) is 0.798. The van der Waals surface area contributed by atoms with Crippen molar-refractivity contribution in [1.82, 2.24) is 5.32 Å². The monoisotopic (exact) mass is 268 g/mol. The van der Waals surface area contributed by atoms with Crippen LogP contribution in [0.1, 0.15) is 25.0 Å². The Balaban J connectivity index is 2.64. The summed E-state index contributed by atoms with van der Waals surface area (Å²) < 4.78 is 0. The molecule has 1 heterocycles. The minimum absolute atomic E-state index is 0.197. The van der Waals surface area contributed by atoms with Crippen LogP contribution in [-0.2, 0) is 5.54 Å². The number of benzene rings is 1. The number of carbonyl (C=O) groups is 1. The molecule has 3 heteroatoms. The third-order valence-corrected chi connectivity index (χ3v) is 3.59. The van der Waals surface area contributed by atoms with E-state index in [9.17, 15) is 4.79 Å². The Morgan fingerprint density at radius 1 is 1.40 bits per heavy atom. The van der Waals surface area contributed by atoms with Crippen LogP contribution in [0.3, 0.4) is 0 Å². The number of fused-ring (bicyclic) bond motifs is 1. The summed E-state index contributed by atoms with van der Waals surface area (Å²) in [7, 11) is 0. The van der Waals surface area contributed by atoms with Crippen molar-refractivity contribution in [3.05, 3.63) is 65.8 Å². The lowest BCUT2D eigenvalue weighted by atomic mass is 9.81. The zero-order chi connectivity index (χ0) is 14.8. The van der Waals surface area contributed by atoms with Crippen LogP contribution in [0.4, 0.5) is 10.5 Å². The zero-order valence-corrected chi connectivity index (χ0v) is 12.2. The molecule has 2 amide bonds. The van der Waals surface area contributed by atoms with Gasteiger partial charge in [-0.05, 0) is 32.4 Å². The molecule has 0 fully saturated rings.